The van der Waals surface area contributed by atoms with Crippen molar-refractivity contribution in [2.24, 2.45) is 5.73 Å². The van der Waals surface area contributed by atoms with E-state index in [-0.39, 0.29) is 6.42 Å². The van der Waals surface area contributed by atoms with Gasteiger partial charge in [0.05, 0.1) is 12.1 Å². The van der Waals surface area contributed by atoms with E-state index in [1.54, 1.807) is 13.8 Å². The van der Waals surface area contributed by atoms with Crippen LogP contribution in [0, 0.1) is 13.8 Å². The summed E-state index contributed by atoms with van der Waals surface area (Å²) in [5.74, 6) is -1.07. The SMILES string of the molecule is Cc1nc(CC(=O)C(C)(N)C(F)(F)F)sc1C. The van der Waals surface area contributed by atoms with Gasteiger partial charge in [-0.3, -0.25) is 4.79 Å². The molecular weight excluding hydrogens is 253 g/mol. The maximum Gasteiger partial charge on any atom is 0.413 e. The van der Waals surface area contributed by atoms with Crippen molar-refractivity contribution < 1.29 is 18.0 Å². The van der Waals surface area contributed by atoms with Crippen molar-refractivity contribution in [2.75, 3.05) is 0 Å². The molecule has 1 aromatic heterocycles. The van der Waals surface area contributed by atoms with Crippen molar-refractivity contribution in [3.05, 3.63) is 15.6 Å². The minimum Gasteiger partial charge on any atom is -0.312 e. The number of nitrogens with zero attached hydrogens (tertiary/aromatic N) is 1. The highest BCUT2D eigenvalue weighted by Crippen LogP contribution is 2.30. The summed E-state index contributed by atoms with van der Waals surface area (Å²) in [6, 6.07) is 0. The van der Waals surface area contributed by atoms with Crippen molar-refractivity contribution >= 4 is 17.1 Å². The Bertz CT molecular complexity index is 418. The van der Waals surface area contributed by atoms with Crippen LogP contribution in [0.2, 0.25) is 0 Å². The number of hydrogen-bond acceptors (Lipinski definition) is 4. The molecule has 0 amide bonds. The van der Waals surface area contributed by atoms with E-state index >= 15 is 0 Å². The minimum absolute atomic E-state index is 0.367. The molecule has 0 fully saturated rings. The smallest absolute Gasteiger partial charge is 0.312 e. The molecule has 0 saturated heterocycles. The predicted molar refractivity (Wildman–Crippen MR) is 58.9 cm³/mol. The number of carbonyl (C=O) groups excluding carboxylic acids is 1. The number of thiazole rings is 1. The molecule has 1 unspecified atom stereocenters. The van der Waals surface area contributed by atoms with Gasteiger partial charge < -0.3 is 5.73 Å². The molecule has 1 atom stereocenters. The highest BCUT2D eigenvalue weighted by molar-refractivity contribution is 7.11. The standard InChI is InChI=1S/C10H13F3N2OS/c1-5-6(2)17-8(15-5)4-7(16)9(3,14)10(11,12)13/h4,14H2,1-3H3. The lowest BCUT2D eigenvalue weighted by molar-refractivity contribution is -0.185. The molecule has 2 N–H and O–H groups in total. The fourth-order valence-corrected chi connectivity index (χ4v) is 2.03. The lowest BCUT2D eigenvalue weighted by Crippen LogP contribution is -2.57. The summed E-state index contributed by atoms with van der Waals surface area (Å²) in [6.45, 7) is 4.22. The minimum atomic E-state index is -4.74. The number of nitrogens with two attached hydrogens (primary N) is 1. The van der Waals surface area contributed by atoms with E-state index in [0.29, 0.717) is 11.9 Å². The van der Waals surface area contributed by atoms with Crippen molar-refractivity contribution in [3.8, 4) is 0 Å². The van der Waals surface area contributed by atoms with Crippen LogP contribution < -0.4 is 5.73 Å². The molecular formula is C10H13F3N2OS. The van der Waals surface area contributed by atoms with Gasteiger partial charge in [-0.25, -0.2) is 4.98 Å². The Labute approximate surface area is 101 Å². The van der Waals surface area contributed by atoms with Crippen LogP contribution in [-0.2, 0) is 11.2 Å². The van der Waals surface area contributed by atoms with E-state index in [2.05, 4.69) is 4.98 Å². The molecule has 0 radical (unpaired) electrons. The molecule has 0 aliphatic rings. The van der Waals surface area contributed by atoms with Crippen LogP contribution in [0.25, 0.3) is 0 Å². The number of hydrogen-bond donors (Lipinski definition) is 1. The molecule has 0 aliphatic heterocycles. The Kier molecular flexibility index (Phi) is 3.63. The number of aryl methyl sites for hydroxylation is 2. The fraction of sp³-hybridized carbons (Fsp3) is 0.600. The van der Waals surface area contributed by atoms with Gasteiger partial charge in [0.15, 0.2) is 11.3 Å². The Hall–Kier alpha value is -0.950. The van der Waals surface area contributed by atoms with Crippen molar-refractivity contribution in [1.82, 2.24) is 4.98 Å². The van der Waals surface area contributed by atoms with Crippen LogP contribution in [0.15, 0.2) is 0 Å². The first-order valence-corrected chi connectivity index (χ1v) is 5.69. The number of carbonyl (C=O) groups is 1. The van der Waals surface area contributed by atoms with Crippen LogP contribution in [0.3, 0.4) is 0 Å². The molecule has 1 aromatic rings. The van der Waals surface area contributed by atoms with Gasteiger partial charge >= 0.3 is 6.18 Å². The monoisotopic (exact) mass is 266 g/mol. The lowest BCUT2D eigenvalue weighted by atomic mass is 9.95. The van der Waals surface area contributed by atoms with E-state index < -0.39 is 17.5 Å². The molecule has 0 aliphatic carbocycles. The summed E-state index contributed by atoms with van der Waals surface area (Å²) >= 11 is 1.21. The molecule has 0 aromatic carbocycles. The van der Waals surface area contributed by atoms with E-state index in [9.17, 15) is 18.0 Å². The zero-order chi connectivity index (χ0) is 13.4. The quantitative estimate of drug-likeness (QED) is 0.912. The van der Waals surface area contributed by atoms with E-state index in [4.69, 9.17) is 5.73 Å². The summed E-state index contributed by atoms with van der Waals surface area (Å²) in [6.07, 6.45) is -5.13. The van der Waals surface area contributed by atoms with E-state index in [1.165, 1.54) is 11.3 Å². The highest BCUT2D eigenvalue weighted by Gasteiger charge is 2.53. The molecule has 17 heavy (non-hydrogen) atoms. The Morgan fingerprint density at radius 2 is 1.94 bits per heavy atom. The van der Waals surface area contributed by atoms with Crippen LogP contribution in [0.1, 0.15) is 22.5 Å². The number of alkyl halides is 3. The normalized spacial score (nSPS) is 15.7. The third-order valence-corrected chi connectivity index (χ3v) is 3.63. The van der Waals surface area contributed by atoms with Gasteiger partial charge in [0.2, 0.25) is 0 Å². The molecule has 7 heteroatoms. The van der Waals surface area contributed by atoms with Crippen LogP contribution >= 0.6 is 11.3 Å². The van der Waals surface area contributed by atoms with Gasteiger partial charge in [-0.2, -0.15) is 13.2 Å². The molecule has 3 nitrogen and oxygen atoms in total. The summed E-state index contributed by atoms with van der Waals surface area (Å²) in [5.41, 5.74) is 2.94. The topological polar surface area (TPSA) is 56.0 Å². The summed E-state index contributed by atoms with van der Waals surface area (Å²) in [5, 5.41) is 0.367. The number of rotatable bonds is 3. The van der Waals surface area contributed by atoms with Crippen LogP contribution in [0.5, 0.6) is 0 Å². The maximum absolute atomic E-state index is 12.5. The largest absolute Gasteiger partial charge is 0.413 e. The second-order valence-electron chi connectivity index (χ2n) is 4.05. The molecule has 1 rings (SSSR count). The van der Waals surface area contributed by atoms with Gasteiger partial charge in [-0.1, -0.05) is 0 Å². The summed E-state index contributed by atoms with van der Waals surface area (Å²) in [4.78, 5) is 16.4. The second-order valence-corrected chi connectivity index (χ2v) is 5.34. The third kappa shape index (κ3) is 2.84. The van der Waals surface area contributed by atoms with Gasteiger partial charge in [0, 0.05) is 4.88 Å². The zero-order valence-corrected chi connectivity index (χ0v) is 10.5. The fourth-order valence-electron chi connectivity index (χ4n) is 1.09. The zero-order valence-electron chi connectivity index (χ0n) is 9.68. The first-order chi connectivity index (χ1) is 7.55. The Balaban J connectivity index is 2.86. The van der Waals surface area contributed by atoms with E-state index in [1.807, 2.05) is 0 Å². The lowest BCUT2D eigenvalue weighted by Gasteiger charge is -2.25. The predicted octanol–water partition coefficient (Wildman–Crippen LogP) is 2.15. The average Bonchev–Trinajstić information content (AvgIpc) is 2.43. The molecule has 0 saturated carbocycles. The maximum atomic E-state index is 12.5. The summed E-state index contributed by atoms with van der Waals surface area (Å²) < 4.78 is 37.5. The summed E-state index contributed by atoms with van der Waals surface area (Å²) in [7, 11) is 0. The van der Waals surface area contributed by atoms with Gasteiger partial charge in [-0.05, 0) is 20.8 Å². The highest BCUT2D eigenvalue weighted by atomic mass is 32.1. The van der Waals surface area contributed by atoms with Crippen molar-refractivity contribution in [1.29, 1.82) is 0 Å². The Morgan fingerprint density at radius 3 is 2.29 bits per heavy atom. The van der Waals surface area contributed by atoms with Crippen LogP contribution in [0.4, 0.5) is 13.2 Å². The first kappa shape index (κ1) is 14.1. The van der Waals surface area contributed by atoms with Crippen molar-refractivity contribution in [2.45, 2.75) is 38.9 Å². The molecule has 0 bridgehead atoms. The van der Waals surface area contributed by atoms with Gasteiger partial charge in [0.25, 0.3) is 0 Å². The van der Waals surface area contributed by atoms with Gasteiger partial charge in [-0.15, -0.1) is 11.3 Å². The molecule has 0 spiro atoms. The number of Topliss-reactive ketones (excluding diaryl/α,β-unsaturated/α-hetero) is 1. The van der Waals surface area contributed by atoms with Crippen LogP contribution in [-0.4, -0.2) is 22.5 Å². The number of halogens is 3. The van der Waals surface area contributed by atoms with Crippen molar-refractivity contribution in [3.63, 3.8) is 0 Å². The number of ketones is 1. The first-order valence-electron chi connectivity index (χ1n) is 4.87. The second kappa shape index (κ2) is 4.38. The van der Waals surface area contributed by atoms with E-state index in [0.717, 1.165) is 10.6 Å². The molecule has 96 valence electrons. The van der Waals surface area contributed by atoms with Gasteiger partial charge in [0.1, 0.15) is 5.01 Å². The third-order valence-electron chi connectivity index (χ3n) is 2.55. The average molecular weight is 266 g/mol. The Morgan fingerprint density at radius 1 is 1.41 bits per heavy atom. The number of aromatic nitrogens is 1. The molecule has 1 heterocycles.